The number of nitrogens with zero attached hydrogens (tertiary/aromatic N) is 3. The van der Waals surface area contributed by atoms with Crippen molar-refractivity contribution in [2.45, 2.75) is 51.0 Å². The summed E-state index contributed by atoms with van der Waals surface area (Å²) in [6, 6.07) is 2.40. The summed E-state index contributed by atoms with van der Waals surface area (Å²) in [7, 11) is 1.21. The lowest BCUT2D eigenvalue weighted by Gasteiger charge is -2.25. The molecule has 0 spiro atoms. The average Bonchev–Trinajstić information content (AvgIpc) is 3.53. The fraction of sp³-hybridized carbons (Fsp3) is 0.345. The predicted molar refractivity (Wildman–Crippen MR) is 143 cm³/mol. The molecule has 0 saturated heterocycles. The van der Waals surface area contributed by atoms with Crippen molar-refractivity contribution in [1.82, 2.24) is 20.1 Å². The molecule has 3 heterocycles. The van der Waals surface area contributed by atoms with Crippen molar-refractivity contribution in [1.29, 1.82) is 0 Å². The van der Waals surface area contributed by atoms with E-state index < -0.39 is 47.9 Å². The zero-order chi connectivity index (χ0) is 30.0. The summed E-state index contributed by atoms with van der Waals surface area (Å²) >= 11 is 0. The highest BCUT2D eigenvalue weighted by Gasteiger charge is 2.31. The van der Waals surface area contributed by atoms with Gasteiger partial charge in [-0.2, -0.15) is 5.10 Å². The van der Waals surface area contributed by atoms with Crippen LogP contribution >= 0.6 is 0 Å². The van der Waals surface area contributed by atoms with E-state index in [1.165, 1.54) is 42.3 Å². The summed E-state index contributed by atoms with van der Waals surface area (Å²) < 4.78 is 54.1. The number of hydrogen-bond donors (Lipinski definition) is 2. The van der Waals surface area contributed by atoms with Crippen LogP contribution in [0.2, 0.25) is 0 Å². The maximum Gasteiger partial charge on any atom is 0.356 e. The number of primary amides is 1. The molecule has 2 aliphatic carbocycles. The summed E-state index contributed by atoms with van der Waals surface area (Å²) in [5.74, 6) is -4.04. The first kappa shape index (κ1) is 29.0. The molecule has 3 N–H and O–H groups in total. The number of esters is 1. The molecule has 13 heteroatoms. The van der Waals surface area contributed by atoms with E-state index in [0.29, 0.717) is 33.7 Å². The molecule has 10 nitrogen and oxygen atoms in total. The second-order valence-electron chi connectivity index (χ2n) is 10.1. The van der Waals surface area contributed by atoms with E-state index in [0.717, 1.165) is 6.08 Å². The largest absolute Gasteiger partial charge is 0.464 e. The molecule has 0 aromatic carbocycles. The number of carbonyl (C=O) groups is 3. The van der Waals surface area contributed by atoms with Crippen molar-refractivity contribution in [3.05, 3.63) is 88.3 Å². The van der Waals surface area contributed by atoms with Crippen molar-refractivity contribution in [3.8, 4) is 0 Å². The minimum atomic E-state index is -1.60. The molecule has 2 aromatic rings. The van der Waals surface area contributed by atoms with Crippen LogP contribution < -0.4 is 11.1 Å². The Morgan fingerprint density at radius 1 is 1.26 bits per heavy atom. The second kappa shape index (κ2) is 12.1. The third kappa shape index (κ3) is 6.05. The Balaban J connectivity index is 1.49. The fourth-order valence-corrected chi connectivity index (χ4v) is 5.30. The molecular weight excluding hydrogens is 555 g/mol. The van der Waals surface area contributed by atoms with Crippen LogP contribution in [-0.4, -0.2) is 52.0 Å². The van der Waals surface area contributed by atoms with E-state index in [1.54, 1.807) is 12.1 Å². The number of alkyl halides is 2. The average molecular weight is 584 g/mol. The molecular formula is C29H28F3N5O5. The Hall–Kier alpha value is -4.52. The number of nitrogens with one attached hydrogen (secondary N) is 1. The van der Waals surface area contributed by atoms with E-state index >= 15 is 0 Å². The van der Waals surface area contributed by atoms with Gasteiger partial charge in [-0.25, -0.2) is 22.6 Å². The highest BCUT2D eigenvalue weighted by atomic mass is 19.1. The van der Waals surface area contributed by atoms with Crippen LogP contribution in [-0.2, 0) is 38.8 Å². The van der Waals surface area contributed by atoms with Crippen LogP contribution in [0.1, 0.15) is 51.9 Å². The van der Waals surface area contributed by atoms with Gasteiger partial charge in [-0.15, -0.1) is 0 Å². The minimum absolute atomic E-state index is 0.00722. The van der Waals surface area contributed by atoms with Crippen LogP contribution in [0, 0.1) is 5.92 Å². The van der Waals surface area contributed by atoms with Gasteiger partial charge < -0.3 is 20.5 Å². The number of fused-ring (bicyclic) bond motifs is 1. The third-order valence-corrected chi connectivity index (χ3v) is 7.20. The van der Waals surface area contributed by atoms with Crippen molar-refractivity contribution < 1.29 is 37.0 Å². The van der Waals surface area contributed by atoms with E-state index in [4.69, 9.17) is 15.2 Å². The molecule has 2 aromatic heterocycles. The SMILES string of the molecule is COC(=O)c1c2c(nn1CC(=O)N[C@@H](CC1=CC(F)=CC(F)C1)c1ncccc1C1=CC(C(N)=O)C(F)C=C1)COC2. The molecule has 0 bridgehead atoms. The summed E-state index contributed by atoms with van der Waals surface area (Å²) in [6.45, 7) is -0.0429. The molecule has 0 fully saturated rings. The van der Waals surface area contributed by atoms with Gasteiger partial charge in [0.25, 0.3) is 0 Å². The van der Waals surface area contributed by atoms with E-state index in [-0.39, 0.29) is 38.3 Å². The highest BCUT2D eigenvalue weighted by molar-refractivity contribution is 5.90. The van der Waals surface area contributed by atoms with Crippen LogP contribution in [0.15, 0.2) is 60.1 Å². The lowest BCUT2D eigenvalue weighted by Crippen LogP contribution is -2.34. The Morgan fingerprint density at radius 3 is 2.81 bits per heavy atom. The lowest BCUT2D eigenvalue weighted by molar-refractivity contribution is -0.123. The Kier molecular flexibility index (Phi) is 8.39. The maximum absolute atomic E-state index is 14.3. The fourth-order valence-electron chi connectivity index (χ4n) is 5.30. The van der Waals surface area contributed by atoms with E-state index in [2.05, 4.69) is 15.4 Å². The van der Waals surface area contributed by atoms with Crippen molar-refractivity contribution in [2.75, 3.05) is 7.11 Å². The number of ether oxygens (including phenoxy) is 2. The third-order valence-electron chi connectivity index (χ3n) is 7.20. The van der Waals surface area contributed by atoms with E-state index in [9.17, 15) is 27.6 Å². The number of methoxy groups -OCH3 is 1. The minimum Gasteiger partial charge on any atom is -0.464 e. The number of aromatic nitrogens is 3. The van der Waals surface area contributed by atoms with Crippen molar-refractivity contribution in [3.63, 3.8) is 0 Å². The molecule has 2 amide bonds. The number of halogens is 3. The van der Waals surface area contributed by atoms with Gasteiger partial charge in [0.1, 0.15) is 24.7 Å². The Morgan fingerprint density at radius 2 is 2.07 bits per heavy atom. The van der Waals surface area contributed by atoms with Gasteiger partial charge in [-0.05, 0) is 36.3 Å². The summed E-state index contributed by atoms with van der Waals surface area (Å²) in [5, 5.41) is 7.20. The molecule has 3 aliphatic rings. The standard InChI is InChI=1S/C29H28F3N5O5/c1-41-29(40)27-21-13-42-14-24(21)36-37(27)12-25(38)35-23(9-15-7-17(30)11-18(31)8-15)26-19(3-2-6-34-26)16-4-5-22(32)20(10-16)28(33)39/h2-7,10-11,18,20,22-23H,8-9,12-14H2,1H3,(H2,33,39)(H,35,38)/t18?,20?,22?,23-/m0/s1. The Bertz CT molecular complexity index is 1550. The quantitative estimate of drug-likeness (QED) is 0.432. The zero-order valence-corrected chi connectivity index (χ0v) is 22.6. The molecule has 0 radical (unpaired) electrons. The molecule has 220 valence electrons. The van der Waals surface area contributed by atoms with Gasteiger partial charge in [-0.1, -0.05) is 23.8 Å². The number of rotatable bonds is 9. The predicted octanol–water partition coefficient (Wildman–Crippen LogP) is 3.26. The van der Waals surface area contributed by atoms with Gasteiger partial charge in [0.05, 0.1) is 43.7 Å². The highest BCUT2D eigenvalue weighted by Crippen LogP contribution is 2.34. The number of allylic oxidation sites excluding steroid dienone is 6. The summed E-state index contributed by atoms with van der Waals surface area (Å²) in [4.78, 5) is 42.2. The monoisotopic (exact) mass is 583 g/mol. The van der Waals surface area contributed by atoms with Gasteiger partial charge in [0, 0.05) is 23.7 Å². The maximum atomic E-state index is 14.3. The number of carbonyl (C=O) groups excluding carboxylic acids is 3. The zero-order valence-electron chi connectivity index (χ0n) is 22.6. The number of amides is 2. The molecule has 3 unspecified atom stereocenters. The van der Waals surface area contributed by atoms with E-state index in [1.807, 2.05) is 0 Å². The first-order chi connectivity index (χ1) is 20.1. The topological polar surface area (TPSA) is 138 Å². The van der Waals surface area contributed by atoms with Gasteiger partial charge in [0.15, 0.2) is 5.69 Å². The smallest absolute Gasteiger partial charge is 0.356 e. The first-order valence-electron chi connectivity index (χ1n) is 13.2. The molecule has 4 atom stereocenters. The van der Waals surface area contributed by atoms with Crippen molar-refractivity contribution >= 4 is 23.4 Å². The van der Waals surface area contributed by atoms with Crippen LogP contribution in [0.3, 0.4) is 0 Å². The van der Waals surface area contributed by atoms with Gasteiger partial charge >= 0.3 is 5.97 Å². The first-order valence-corrected chi connectivity index (χ1v) is 13.2. The molecule has 0 saturated carbocycles. The summed E-state index contributed by atoms with van der Waals surface area (Å²) in [5.41, 5.74) is 8.15. The Labute approximate surface area is 238 Å². The second-order valence-corrected chi connectivity index (χ2v) is 10.1. The summed E-state index contributed by atoms with van der Waals surface area (Å²) in [6.07, 6.45) is 4.41. The molecule has 42 heavy (non-hydrogen) atoms. The normalized spacial score (nSPS) is 22.0. The van der Waals surface area contributed by atoms with Gasteiger partial charge in [-0.3, -0.25) is 14.6 Å². The molecule has 5 rings (SSSR count). The molecule has 1 aliphatic heterocycles. The number of hydrogen-bond acceptors (Lipinski definition) is 7. The van der Waals surface area contributed by atoms with Crippen LogP contribution in [0.25, 0.3) is 5.57 Å². The van der Waals surface area contributed by atoms with Crippen LogP contribution in [0.4, 0.5) is 13.2 Å². The number of nitrogens with two attached hydrogens (primary N) is 1. The lowest BCUT2D eigenvalue weighted by atomic mass is 9.87. The van der Waals surface area contributed by atoms with Gasteiger partial charge in [0.2, 0.25) is 11.8 Å². The van der Waals surface area contributed by atoms with Crippen molar-refractivity contribution in [2.24, 2.45) is 11.7 Å². The van der Waals surface area contributed by atoms with Crippen LogP contribution in [0.5, 0.6) is 0 Å². The number of pyridine rings is 1.